The van der Waals surface area contributed by atoms with Crippen LogP contribution in [0.3, 0.4) is 0 Å². The van der Waals surface area contributed by atoms with Crippen molar-refractivity contribution in [1.82, 2.24) is 0 Å². The molecule has 0 amide bonds. The number of hydrogen-bond donors (Lipinski definition) is 2. The highest BCUT2D eigenvalue weighted by molar-refractivity contribution is 9.10. The van der Waals surface area contributed by atoms with Crippen LogP contribution in [0.5, 0.6) is 11.5 Å². The van der Waals surface area contributed by atoms with Crippen LogP contribution >= 0.6 is 15.9 Å². The maximum absolute atomic E-state index is 9.47. The third-order valence-electron chi connectivity index (χ3n) is 2.01. The number of halogens is 1. The van der Waals surface area contributed by atoms with E-state index < -0.39 is 6.10 Å². The van der Waals surface area contributed by atoms with Gasteiger partial charge in [-0.25, -0.2) is 0 Å². The Labute approximate surface area is 96.6 Å². The van der Waals surface area contributed by atoms with E-state index in [2.05, 4.69) is 15.9 Å². The Hall–Kier alpha value is -0.780. The molecule has 5 heteroatoms. The van der Waals surface area contributed by atoms with Crippen molar-refractivity contribution >= 4 is 15.9 Å². The maximum Gasteiger partial charge on any atom is 0.174 e. The van der Waals surface area contributed by atoms with Crippen LogP contribution in [-0.2, 0) is 0 Å². The molecule has 0 aliphatic rings. The van der Waals surface area contributed by atoms with Gasteiger partial charge < -0.3 is 19.7 Å². The average Bonchev–Trinajstić information content (AvgIpc) is 2.26. The van der Waals surface area contributed by atoms with Crippen molar-refractivity contribution in [2.75, 3.05) is 20.8 Å². The largest absolute Gasteiger partial charge is 0.493 e. The average molecular weight is 277 g/mol. The Morgan fingerprint density at radius 1 is 1.33 bits per heavy atom. The summed E-state index contributed by atoms with van der Waals surface area (Å²) >= 11 is 3.30. The summed E-state index contributed by atoms with van der Waals surface area (Å²) in [5.74, 6) is 1.07. The number of methoxy groups -OCH3 is 2. The Morgan fingerprint density at radius 3 is 2.47 bits per heavy atom. The first-order valence-electron chi connectivity index (χ1n) is 4.34. The van der Waals surface area contributed by atoms with E-state index in [4.69, 9.17) is 14.6 Å². The first kappa shape index (κ1) is 12.3. The monoisotopic (exact) mass is 276 g/mol. The Morgan fingerprint density at radius 2 is 2.00 bits per heavy atom. The van der Waals surface area contributed by atoms with Gasteiger partial charge in [-0.2, -0.15) is 0 Å². The van der Waals surface area contributed by atoms with Crippen LogP contribution in [0.1, 0.15) is 11.7 Å². The number of rotatable bonds is 4. The normalized spacial score (nSPS) is 12.3. The molecular formula is C10H13BrO4. The first-order valence-corrected chi connectivity index (χ1v) is 5.13. The molecule has 1 rings (SSSR count). The molecule has 1 unspecified atom stereocenters. The number of aliphatic hydroxyl groups excluding tert-OH is 2. The molecule has 84 valence electrons. The van der Waals surface area contributed by atoms with Gasteiger partial charge in [-0.3, -0.25) is 0 Å². The second-order valence-corrected chi connectivity index (χ2v) is 3.79. The lowest BCUT2D eigenvalue weighted by molar-refractivity contribution is 0.0953. The van der Waals surface area contributed by atoms with Gasteiger partial charge in [0.1, 0.15) is 6.10 Å². The quantitative estimate of drug-likeness (QED) is 0.875. The van der Waals surface area contributed by atoms with E-state index in [0.717, 1.165) is 0 Å². The van der Waals surface area contributed by atoms with Crippen LogP contribution in [0.4, 0.5) is 0 Å². The topological polar surface area (TPSA) is 58.9 Å². The Bertz CT molecular complexity index is 340. The molecule has 0 aliphatic carbocycles. The van der Waals surface area contributed by atoms with Gasteiger partial charge in [0.25, 0.3) is 0 Å². The molecular weight excluding hydrogens is 264 g/mol. The molecule has 0 bridgehead atoms. The predicted octanol–water partition coefficient (Wildman–Crippen LogP) is 1.49. The molecule has 0 fully saturated rings. The van der Waals surface area contributed by atoms with Crippen molar-refractivity contribution in [1.29, 1.82) is 0 Å². The second-order valence-electron chi connectivity index (χ2n) is 2.94. The highest BCUT2D eigenvalue weighted by Gasteiger charge is 2.14. The minimum atomic E-state index is -0.916. The summed E-state index contributed by atoms with van der Waals surface area (Å²) in [7, 11) is 3.05. The summed E-state index contributed by atoms with van der Waals surface area (Å²) < 4.78 is 10.9. The third kappa shape index (κ3) is 2.62. The van der Waals surface area contributed by atoms with Gasteiger partial charge in [0.2, 0.25) is 0 Å². The maximum atomic E-state index is 9.47. The van der Waals surface area contributed by atoms with E-state index in [0.29, 0.717) is 21.5 Å². The molecule has 1 aromatic carbocycles. The number of aliphatic hydroxyl groups is 2. The van der Waals surface area contributed by atoms with Gasteiger partial charge in [-0.15, -0.1) is 0 Å². The van der Waals surface area contributed by atoms with Crippen molar-refractivity contribution in [3.05, 3.63) is 22.2 Å². The highest BCUT2D eigenvalue weighted by atomic mass is 79.9. The van der Waals surface area contributed by atoms with Crippen molar-refractivity contribution in [2.45, 2.75) is 6.10 Å². The second kappa shape index (κ2) is 5.34. The van der Waals surface area contributed by atoms with Crippen LogP contribution in [0.2, 0.25) is 0 Å². The zero-order valence-corrected chi connectivity index (χ0v) is 10.1. The zero-order valence-electron chi connectivity index (χ0n) is 8.53. The van der Waals surface area contributed by atoms with E-state index in [9.17, 15) is 5.11 Å². The van der Waals surface area contributed by atoms with Crippen molar-refractivity contribution in [3.63, 3.8) is 0 Å². The molecule has 0 radical (unpaired) electrons. The van der Waals surface area contributed by atoms with Gasteiger partial charge in [-0.05, 0) is 33.6 Å². The van der Waals surface area contributed by atoms with Crippen LogP contribution in [0.25, 0.3) is 0 Å². The standard InChI is InChI=1S/C10H13BrO4/c1-14-9-4-6(8(13)5-12)3-7(11)10(9)15-2/h3-4,8,12-13H,5H2,1-2H3. The molecule has 0 heterocycles. The van der Waals surface area contributed by atoms with Crippen LogP contribution < -0.4 is 9.47 Å². The summed E-state index contributed by atoms with van der Waals surface area (Å²) in [5.41, 5.74) is 0.571. The molecule has 0 spiro atoms. The zero-order chi connectivity index (χ0) is 11.4. The molecule has 1 atom stereocenters. The van der Waals surface area contributed by atoms with E-state index in [1.807, 2.05) is 0 Å². The fourth-order valence-corrected chi connectivity index (χ4v) is 1.86. The lowest BCUT2D eigenvalue weighted by Crippen LogP contribution is -2.03. The van der Waals surface area contributed by atoms with Crippen molar-refractivity contribution < 1.29 is 19.7 Å². The van der Waals surface area contributed by atoms with Crippen molar-refractivity contribution in [2.24, 2.45) is 0 Å². The van der Waals surface area contributed by atoms with Gasteiger partial charge in [0.15, 0.2) is 11.5 Å². The molecule has 0 saturated carbocycles. The van der Waals surface area contributed by atoms with Gasteiger partial charge in [0, 0.05) is 0 Å². The summed E-state index contributed by atoms with van der Waals surface area (Å²) in [6.45, 7) is -0.331. The number of hydrogen-bond acceptors (Lipinski definition) is 4. The SMILES string of the molecule is COc1cc(C(O)CO)cc(Br)c1OC. The van der Waals surface area contributed by atoms with E-state index in [1.54, 1.807) is 12.1 Å². The third-order valence-corrected chi connectivity index (χ3v) is 2.60. The van der Waals surface area contributed by atoms with E-state index in [1.165, 1.54) is 14.2 Å². The Balaban J connectivity index is 3.19. The minimum Gasteiger partial charge on any atom is -0.493 e. The van der Waals surface area contributed by atoms with Gasteiger partial charge in [0.05, 0.1) is 25.3 Å². The van der Waals surface area contributed by atoms with Crippen molar-refractivity contribution in [3.8, 4) is 11.5 Å². The van der Waals surface area contributed by atoms with Crippen LogP contribution in [0, 0.1) is 0 Å². The lowest BCUT2D eigenvalue weighted by atomic mass is 10.1. The molecule has 0 aliphatic heterocycles. The first-order chi connectivity index (χ1) is 7.13. The fourth-order valence-electron chi connectivity index (χ4n) is 1.24. The van der Waals surface area contributed by atoms with Crippen LogP contribution in [0.15, 0.2) is 16.6 Å². The summed E-state index contributed by atoms with van der Waals surface area (Å²) in [4.78, 5) is 0. The predicted molar refractivity (Wildman–Crippen MR) is 59.3 cm³/mol. The van der Waals surface area contributed by atoms with E-state index in [-0.39, 0.29) is 6.61 Å². The summed E-state index contributed by atoms with van der Waals surface area (Å²) in [6, 6.07) is 3.31. The molecule has 4 nitrogen and oxygen atoms in total. The summed E-state index contributed by atoms with van der Waals surface area (Å²) in [5, 5.41) is 18.3. The Kier molecular flexibility index (Phi) is 4.38. The number of benzene rings is 1. The minimum absolute atomic E-state index is 0.331. The lowest BCUT2D eigenvalue weighted by Gasteiger charge is -2.14. The van der Waals surface area contributed by atoms with Gasteiger partial charge >= 0.3 is 0 Å². The molecule has 2 N–H and O–H groups in total. The molecule has 1 aromatic rings. The number of ether oxygens (including phenoxy) is 2. The van der Waals surface area contributed by atoms with Gasteiger partial charge in [-0.1, -0.05) is 0 Å². The molecule has 0 aromatic heterocycles. The molecule has 15 heavy (non-hydrogen) atoms. The van der Waals surface area contributed by atoms with Crippen LogP contribution in [-0.4, -0.2) is 31.0 Å². The van der Waals surface area contributed by atoms with E-state index >= 15 is 0 Å². The fraction of sp³-hybridized carbons (Fsp3) is 0.400. The smallest absolute Gasteiger partial charge is 0.174 e. The molecule has 0 saturated heterocycles. The highest BCUT2D eigenvalue weighted by Crippen LogP contribution is 2.37. The summed E-state index contributed by atoms with van der Waals surface area (Å²) in [6.07, 6.45) is -0.916.